The Bertz CT molecular complexity index is 965. The Labute approximate surface area is 170 Å². The summed E-state index contributed by atoms with van der Waals surface area (Å²) >= 11 is 0. The largest absolute Gasteiger partial charge is 0.373 e. The molecule has 1 aromatic carbocycles. The first-order valence-electron chi connectivity index (χ1n) is 8.95. The fraction of sp³-hybridized carbons (Fsp3) is 0.286. The van der Waals surface area contributed by atoms with Gasteiger partial charge < -0.3 is 9.47 Å². The molecule has 0 spiro atoms. The lowest BCUT2D eigenvalue weighted by Gasteiger charge is -2.30. The number of rotatable bonds is 2. The number of likely N-dealkylation sites (tertiary alicyclic amines) is 1. The molecule has 1 amide bonds. The Morgan fingerprint density at radius 2 is 1.89 bits per heavy atom. The van der Waals surface area contributed by atoms with E-state index < -0.39 is 0 Å². The third-order valence-corrected chi connectivity index (χ3v) is 4.75. The summed E-state index contributed by atoms with van der Waals surface area (Å²) in [6.07, 6.45) is 6.27. The number of para-hydroxylation sites is 1. The van der Waals surface area contributed by atoms with Crippen molar-refractivity contribution < 1.29 is 14.4 Å². The van der Waals surface area contributed by atoms with Crippen LogP contribution in [0.1, 0.15) is 30.1 Å². The summed E-state index contributed by atoms with van der Waals surface area (Å²) in [6, 6.07) is 14.1. The molecule has 0 saturated carbocycles. The molecule has 4 rings (SSSR count). The average Bonchev–Trinajstić information content (AvgIpc) is 3.12. The molecule has 0 N–H and O–H groups in total. The van der Waals surface area contributed by atoms with Crippen LogP contribution in [0.2, 0.25) is 0 Å². The number of hydrogen-bond donors (Lipinski definition) is 0. The van der Waals surface area contributed by atoms with Gasteiger partial charge in [-0.3, -0.25) is 4.79 Å². The van der Waals surface area contributed by atoms with Crippen LogP contribution in [0.5, 0.6) is 0 Å². The van der Waals surface area contributed by atoms with Gasteiger partial charge in [0.15, 0.2) is 0 Å². The summed E-state index contributed by atoms with van der Waals surface area (Å²) in [5.74, 6) is 0.682. The van der Waals surface area contributed by atoms with E-state index in [0.717, 1.165) is 36.2 Å². The highest BCUT2D eigenvalue weighted by molar-refractivity contribution is 7.59. The third-order valence-electron chi connectivity index (χ3n) is 4.75. The molecule has 7 heteroatoms. The van der Waals surface area contributed by atoms with Crippen molar-refractivity contribution >= 4 is 36.6 Å². The quantitative estimate of drug-likeness (QED) is 0.664. The molecule has 2 aromatic heterocycles. The van der Waals surface area contributed by atoms with Crippen molar-refractivity contribution in [1.29, 1.82) is 0 Å². The maximum Gasteiger partial charge on any atom is 0.373 e. The Morgan fingerprint density at radius 3 is 2.57 bits per heavy atom. The van der Waals surface area contributed by atoms with E-state index >= 15 is 0 Å². The summed E-state index contributed by atoms with van der Waals surface area (Å²) < 4.78 is 2.05. The Balaban J connectivity index is 0.000000660. The predicted octanol–water partition coefficient (Wildman–Crippen LogP) is 3.43. The first-order valence-corrected chi connectivity index (χ1v) is 8.95. The molecule has 3 aromatic rings. The standard InChI is InChI=1S/C20H21N3O.CO2.H2S/c1-15-6-5-10-22(14-15)20(24)17-12-16-9-11-23(19(16)21-13-17)18-7-3-2-4-8-18;2-1-3;/h2-4,7-9,11-13,15H,5-6,10,14H2,1H3;;1H2/t15-;;/m0../s1. The van der Waals surface area contributed by atoms with Crippen molar-refractivity contribution in [2.24, 2.45) is 5.92 Å². The minimum Gasteiger partial charge on any atom is -0.338 e. The lowest BCUT2D eigenvalue weighted by Crippen LogP contribution is -2.39. The zero-order chi connectivity index (χ0) is 19.2. The minimum atomic E-state index is 0. The first-order chi connectivity index (χ1) is 13.1. The molecule has 0 radical (unpaired) electrons. The fourth-order valence-electron chi connectivity index (χ4n) is 3.49. The number of hydrogen-bond acceptors (Lipinski definition) is 4. The van der Waals surface area contributed by atoms with Gasteiger partial charge >= 0.3 is 6.15 Å². The van der Waals surface area contributed by atoms with E-state index in [9.17, 15) is 4.79 Å². The number of nitrogens with zero attached hydrogens (tertiary/aromatic N) is 3. The number of piperidine rings is 1. The van der Waals surface area contributed by atoms with E-state index in [0.29, 0.717) is 11.5 Å². The van der Waals surface area contributed by atoms with Gasteiger partial charge in [-0.15, -0.1) is 0 Å². The van der Waals surface area contributed by atoms with Gasteiger partial charge in [0, 0.05) is 36.6 Å². The van der Waals surface area contributed by atoms with Gasteiger partial charge in [0.25, 0.3) is 5.91 Å². The van der Waals surface area contributed by atoms with Gasteiger partial charge in [0.1, 0.15) is 5.65 Å². The molecule has 0 unspecified atom stereocenters. The molecular weight excluding hydrogens is 374 g/mol. The van der Waals surface area contributed by atoms with Crippen LogP contribution in [-0.2, 0) is 9.59 Å². The average molecular weight is 398 g/mol. The summed E-state index contributed by atoms with van der Waals surface area (Å²) in [5.41, 5.74) is 2.64. The van der Waals surface area contributed by atoms with Crippen molar-refractivity contribution in [1.82, 2.24) is 14.5 Å². The number of amides is 1. The molecule has 1 saturated heterocycles. The zero-order valence-corrected chi connectivity index (χ0v) is 16.7. The summed E-state index contributed by atoms with van der Waals surface area (Å²) in [5, 5.41) is 0.995. The SMILES string of the molecule is C[C@H]1CCCN(C(=O)c2cnc3c(ccn3-c3ccccc3)c2)C1.O=C=O.S. The van der Waals surface area contributed by atoms with Crippen molar-refractivity contribution in [2.75, 3.05) is 13.1 Å². The Kier molecular flexibility index (Phi) is 7.55. The van der Waals surface area contributed by atoms with Crippen LogP contribution < -0.4 is 0 Å². The zero-order valence-electron chi connectivity index (χ0n) is 15.7. The summed E-state index contributed by atoms with van der Waals surface area (Å²) in [4.78, 5) is 35.5. The number of benzene rings is 1. The lowest BCUT2D eigenvalue weighted by molar-refractivity contribution is -0.191. The van der Waals surface area contributed by atoms with E-state index in [2.05, 4.69) is 24.0 Å². The number of carbonyl (C=O) groups excluding carboxylic acids is 3. The minimum absolute atomic E-state index is 0. The van der Waals surface area contributed by atoms with Crippen LogP contribution in [0.25, 0.3) is 16.7 Å². The van der Waals surface area contributed by atoms with Gasteiger partial charge in [-0.1, -0.05) is 25.1 Å². The van der Waals surface area contributed by atoms with Crippen molar-refractivity contribution in [3.05, 3.63) is 60.4 Å². The second-order valence-corrected chi connectivity index (χ2v) is 6.74. The molecule has 6 nitrogen and oxygen atoms in total. The molecule has 146 valence electrons. The normalized spacial score (nSPS) is 15.8. The molecule has 3 heterocycles. The van der Waals surface area contributed by atoms with Crippen LogP contribution in [0.4, 0.5) is 0 Å². The van der Waals surface area contributed by atoms with Crippen LogP contribution in [0, 0.1) is 5.92 Å². The van der Waals surface area contributed by atoms with Crippen molar-refractivity contribution in [3.8, 4) is 5.69 Å². The summed E-state index contributed by atoms with van der Waals surface area (Å²) in [7, 11) is 0. The number of carbonyl (C=O) groups is 1. The second-order valence-electron chi connectivity index (χ2n) is 6.74. The van der Waals surface area contributed by atoms with E-state index in [1.807, 2.05) is 46.0 Å². The van der Waals surface area contributed by atoms with Gasteiger partial charge in [-0.05, 0) is 43.0 Å². The predicted molar refractivity (Wildman–Crippen MR) is 111 cm³/mol. The highest BCUT2D eigenvalue weighted by Gasteiger charge is 2.22. The number of fused-ring (bicyclic) bond motifs is 1. The lowest BCUT2D eigenvalue weighted by atomic mass is 9.99. The maximum atomic E-state index is 12.7. The highest BCUT2D eigenvalue weighted by atomic mass is 32.1. The topological polar surface area (TPSA) is 72.3 Å². The number of pyridine rings is 1. The van der Waals surface area contributed by atoms with Crippen LogP contribution in [-0.4, -0.2) is 39.6 Å². The molecule has 1 fully saturated rings. The van der Waals surface area contributed by atoms with E-state index in [4.69, 9.17) is 9.59 Å². The van der Waals surface area contributed by atoms with Crippen molar-refractivity contribution in [2.45, 2.75) is 19.8 Å². The Morgan fingerprint density at radius 1 is 1.18 bits per heavy atom. The first kappa shape index (κ1) is 21.4. The number of aromatic nitrogens is 2. The van der Waals surface area contributed by atoms with Gasteiger partial charge in [-0.2, -0.15) is 23.1 Å². The van der Waals surface area contributed by atoms with E-state index in [-0.39, 0.29) is 25.6 Å². The maximum absolute atomic E-state index is 12.7. The van der Waals surface area contributed by atoms with Gasteiger partial charge in [0.2, 0.25) is 0 Å². The second kappa shape index (κ2) is 9.88. The fourth-order valence-corrected chi connectivity index (χ4v) is 3.49. The smallest absolute Gasteiger partial charge is 0.338 e. The van der Waals surface area contributed by atoms with Crippen LogP contribution in [0.15, 0.2) is 54.9 Å². The monoisotopic (exact) mass is 397 g/mol. The molecule has 0 aliphatic carbocycles. The van der Waals surface area contributed by atoms with Gasteiger partial charge in [0.05, 0.1) is 5.56 Å². The van der Waals surface area contributed by atoms with Gasteiger partial charge in [-0.25, -0.2) is 4.98 Å². The summed E-state index contributed by atoms with van der Waals surface area (Å²) in [6.45, 7) is 3.91. The van der Waals surface area contributed by atoms with Crippen LogP contribution in [0.3, 0.4) is 0 Å². The molecular formula is C21H23N3O3S. The molecule has 1 atom stereocenters. The third kappa shape index (κ3) is 4.68. The van der Waals surface area contributed by atoms with E-state index in [1.54, 1.807) is 6.20 Å². The molecule has 28 heavy (non-hydrogen) atoms. The molecule has 1 aliphatic heterocycles. The Hall–Kier alpha value is -2.89. The highest BCUT2D eigenvalue weighted by Crippen LogP contribution is 2.22. The van der Waals surface area contributed by atoms with Crippen molar-refractivity contribution in [3.63, 3.8) is 0 Å². The molecule has 1 aliphatic rings. The van der Waals surface area contributed by atoms with Crippen LogP contribution >= 0.6 is 13.5 Å². The van der Waals surface area contributed by atoms with E-state index in [1.165, 1.54) is 6.42 Å². The molecule has 0 bridgehead atoms.